The van der Waals surface area contributed by atoms with Crippen LogP contribution in [0.1, 0.15) is 29.9 Å². The predicted octanol–water partition coefficient (Wildman–Crippen LogP) is 3.79. The third kappa shape index (κ3) is 5.79. The van der Waals surface area contributed by atoms with E-state index in [1.54, 1.807) is 12.1 Å². The first kappa shape index (κ1) is 24.3. The number of ether oxygens (including phenoxy) is 4. The number of carbonyl (C=O) groups excluding carboxylic acids is 1. The predicted molar refractivity (Wildman–Crippen MR) is 127 cm³/mol. The lowest BCUT2D eigenvalue weighted by atomic mass is 10.0. The van der Waals surface area contributed by atoms with E-state index in [2.05, 4.69) is 25.5 Å². The zero-order valence-corrected chi connectivity index (χ0v) is 20.7. The number of anilines is 1. The number of carbonyl (C=O) groups is 1. The quantitative estimate of drug-likeness (QED) is 0.478. The summed E-state index contributed by atoms with van der Waals surface area (Å²) in [5.74, 6) is 0.0689. The Labute approximate surface area is 205 Å². The van der Waals surface area contributed by atoms with E-state index < -0.39 is 5.91 Å². The second kappa shape index (κ2) is 10.2. The first-order valence-electron chi connectivity index (χ1n) is 10.4. The minimum atomic E-state index is -0.411. The third-order valence-corrected chi connectivity index (χ3v) is 5.93. The van der Waals surface area contributed by atoms with Gasteiger partial charge < -0.3 is 18.9 Å². The van der Waals surface area contributed by atoms with Crippen LogP contribution in [0.3, 0.4) is 0 Å². The van der Waals surface area contributed by atoms with Gasteiger partial charge in [0.2, 0.25) is 5.13 Å². The van der Waals surface area contributed by atoms with Gasteiger partial charge in [-0.1, -0.05) is 16.7 Å². The molecular weight excluding hydrogens is 482 g/mol. The van der Waals surface area contributed by atoms with Crippen LogP contribution >= 0.6 is 22.9 Å². The molecule has 1 atom stereocenters. The topological polar surface area (TPSA) is 118 Å². The van der Waals surface area contributed by atoms with Gasteiger partial charge in [-0.2, -0.15) is 0 Å². The second-order valence-electron chi connectivity index (χ2n) is 8.22. The van der Waals surface area contributed by atoms with Gasteiger partial charge in [0.05, 0.1) is 37.7 Å². The lowest BCUT2D eigenvalue weighted by molar-refractivity contribution is -0.181. The second-order valence-corrected chi connectivity index (χ2v) is 9.55. The summed E-state index contributed by atoms with van der Waals surface area (Å²) < 4.78 is 22.6. The van der Waals surface area contributed by atoms with Gasteiger partial charge in [-0.15, -0.1) is 5.10 Å². The van der Waals surface area contributed by atoms with Gasteiger partial charge in [0, 0.05) is 23.0 Å². The Hall–Kier alpha value is -2.86. The highest BCUT2D eigenvalue weighted by molar-refractivity contribution is 7.17. The smallest absolute Gasteiger partial charge is 0.295 e. The zero-order chi connectivity index (χ0) is 24.3. The first-order valence-corrected chi connectivity index (χ1v) is 11.6. The van der Waals surface area contributed by atoms with Crippen LogP contribution in [-0.2, 0) is 9.47 Å². The summed E-state index contributed by atoms with van der Waals surface area (Å²) in [7, 11) is 1.52. The number of methoxy groups -OCH3 is 1. The van der Waals surface area contributed by atoms with E-state index in [0.29, 0.717) is 40.8 Å². The van der Waals surface area contributed by atoms with Gasteiger partial charge in [-0.25, -0.2) is 4.98 Å². The van der Waals surface area contributed by atoms with E-state index in [0.717, 1.165) is 17.0 Å². The van der Waals surface area contributed by atoms with Crippen LogP contribution in [0.4, 0.5) is 5.13 Å². The number of hydrogen-bond donors (Lipinski definition) is 1. The molecule has 1 aliphatic rings. The maximum absolute atomic E-state index is 13.1. The van der Waals surface area contributed by atoms with Crippen molar-refractivity contribution in [1.82, 2.24) is 20.2 Å². The number of aromatic nitrogens is 4. The van der Waals surface area contributed by atoms with E-state index in [-0.39, 0.29) is 28.6 Å². The van der Waals surface area contributed by atoms with Crippen molar-refractivity contribution in [3.8, 4) is 22.1 Å². The third-order valence-electron chi connectivity index (χ3n) is 4.98. The highest BCUT2D eigenvalue weighted by atomic mass is 35.5. The number of rotatable bonds is 7. The number of pyridine rings is 2. The largest absolute Gasteiger partial charge is 0.494 e. The van der Waals surface area contributed by atoms with E-state index >= 15 is 0 Å². The molecule has 12 heteroatoms. The molecular formula is C22H24ClN5O5S. The van der Waals surface area contributed by atoms with Crippen LogP contribution < -0.4 is 14.8 Å². The number of aryl methyl sites for hydroxylation is 1. The van der Waals surface area contributed by atoms with Crippen LogP contribution in [-0.4, -0.2) is 64.7 Å². The van der Waals surface area contributed by atoms with Gasteiger partial charge in [0.1, 0.15) is 23.6 Å². The molecule has 3 aromatic heterocycles. The molecule has 4 heterocycles. The van der Waals surface area contributed by atoms with Gasteiger partial charge in [0.25, 0.3) is 11.1 Å². The Kier molecular flexibility index (Phi) is 7.27. The maximum Gasteiger partial charge on any atom is 0.295 e. The molecule has 1 saturated heterocycles. The fourth-order valence-corrected chi connectivity index (χ4v) is 3.98. The van der Waals surface area contributed by atoms with Crippen LogP contribution in [0.25, 0.3) is 11.1 Å². The molecule has 1 fully saturated rings. The minimum absolute atomic E-state index is 0.196. The molecule has 0 aromatic carbocycles. The van der Waals surface area contributed by atoms with Crippen molar-refractivity contribution in [3.05, 3.63) is 40.9 Å². The molecule has 10 nitrogen and oxygen atoms in total. The first-order chi connectivity index (χ1) is 16.2. The normalized spacial score (nSPS) is 17.3. The molecule has 0 spiro atoms. The molecule has 4 rings (SSSR count). The monoisotopic (exact) mass is 505 g/mol. The zero-order valence-electron chi connectivity index (χ0n) is 19.1. The van der Waals surface area contributed by atoms with Crippen molar-refractivity contribution in [2.45, 2.75) is 32.5 Å². The number of nitrogens with one attached hydrogen (secondary N) is 1. The molecule has 0 bridgehead atoms. The van der Waals surface area contributed by atoms with Crippen molar-refractivity contribution in [2.24, 2.45) is 0 Å². The van der Waals surface area contributed by atoms with Gasteiger partial charge in [-0.3, -0.25) is 15.1 Å². The van der Waals surface area contributed by atoms with Crippen LogP contribution in [0.5, 0.6) is 10.9 Å². The Balaban J connectivity index is 1.46. The Bertz CT molecular complexity index is 1180. The number of amides is 1. The number of halogens is 1. The van der Waals surface area contributed by atoms with Crippen LogP contribution in [0.15, 0.2) is 24.5 Å². The number of nitrogens with zero attached hydrogens (tertiary/aromatic N) is 4. The number of hydrogen-bond acceptors (Lipinski definition) is 10. The van der Waals surface area contributed by atoms with Gasteiger partial charge in [-0.05, 0) is 44.2 Å². The Morgan fingerprint density at radius 2 is 2.09 bits per heavy atom. The van der Waals surface area contributed by atoms with Crippen molar-refractivity contribution in [2.75, 3.05) is 32.2 Å². The highest BCUT2D eigenvalue weighted by Gasteiger charge is 2.29. The average molecular weight is 506 g/mol. The standard InChI is InChI=1S/C22H24ClN5O5S/c1-12-5-14(15-6-18(23)25-8-17(15)30-4)16(7-24-12)19(29)26-20-27-28-21(34-20)31-9-13-10-33-22(2,3)11-32-13/h5-8,13H,9-11H2,1-4H3,(H,26,27,29)/t13-/m0/s1. The molecule has 0 saturated carbocycles. The lowest BCUT2D eigenvalue weighted by Gasteiger charge is -2.34. The summed E-state index contributed by atoms with van der Waals surface area (Å²) in [6.45, 7) is 6.96. The summed E-state index contributed by atoms with van der Waals surface area (Å²) in [6.07, 6.45) is 2.80. The molecule has 1 aliphatic heterocycles. The summed E-state index contributed by atoms with van der Waals surface area (Å²) in [5, 5.41) is 11.6. The van der Waals surface area contributed by atoms with E-state index in [1.807, 2.05) is 20.8 Å². The summed E-state index contributed by atoms with van der Waals surface area (Å²) in [5.41, 5.74) is 1.97. The van der Waals surface area contributed by atoms with Crippen molar-refractivity contribution in [3.63, 3.8) is 0 Å². The van der Waals surface area contributed by atoms with Gasteiger partial charge in [0.15, 0.2) is 0 Å². The summed E-state index contributed by atoms with van der Waals surface area (Å²) in [4.78, 5) is 21.4. The fraction of sp³-hybridized carbons (Fsp3) is 0.409. The van der Waals surface area contributed by atoms with Crippen LogP contribution in [0, 0.1) is 6.92 Å². The summed E-state index contributed by atoms with van der Waals surface area (Å²) >= 11 is 7.21. The Morgan fingerprint density at radius 3 is 2.82 bits per heavy atom. The van der Waals surface area contributed by atoms with E-state index in [4.69, 9.17) is 30.5 Å². The van der Waals surface area contributed by atoms with Crippen LogP contribution in [0.2, 0.25) is 5.15 Å². The fourth-order valence-electron chi connectivity index (χ4n) is 3.22. The minimum Gasteiger partial charge on any atom is -0.494 e. The van der Waals surface area contributed by atoms with Crippen molar-refractivity contribution >= 4 is 34.0 Å². The molecule has 34 heavy (non-hydrogen) atoms. The molecule has 3 aromatic rings. The Morgan fingerprint density at radius 1 is 1.26 bits per heavy atom. The van der Waals surface area contributed by atoms with E-state index in [9.17, 15) is 4.79 Å². The highest BCUT2D eigenvalue weighted by Crippen LogP contribution is 2.34. The maximum atomic E-state index is 13.1. The molecule has 1 N–H and O–H groups in total. The molecule has 0 unspecified atom stereocenters. The van der Waals surface area contributed by atoms with E-state index in [1.165, 1.54) is 19.5 Å². The molecule has 0 aliphatic carbocycles. The molecule has 0 radical (unpaired) electrons. The van der Waals surface area contributed by atoms with Crippen molar-refractivity contribution in [1.29, 1.82) is 0 Å². The molecule has 180 valence electrons. The van der Waals surface area contributed by atoms with Gasteiger partial charge >= 0.3 is 0 Å². The summed E-state index contributed by atoms with van der Waals surface area (Å²) in [6, 6.07) is 3.42. The average Bonchev–Trinajstić information content (AvgIpc) is 3.25. The SMILES string of the molecule is COc1cnc(Cl)cc1-c1cc(C)ncc1C(=O)Nc1nnc(OC[C@H]2COC(C)(C)CO2)s1. The lowest BCUT2D eigenvalue weighted by Crippen LogP contribution is -2.44. The van der Waals surface area contributed by atoms with Crippen molar-refractivity contribution < 1.29 is 23.7 Å². The molecule has 1 amide bonds.